The molecule has 0 aromatic rings. The van der Waals surface area contributed by atoms with Crippen molar-refractivity contribution in [3.05, 3.63) is 0 Å². The fourth-order valence-corrected chi connectivity index (χ4v) is 2.56. The maximum Gasteiger partial charge on any atom is 0.325 e. The molecule has 2 fully saturated rings. The van der Waals surface area contributed by atoms with Crippen LogP contribution in [0.15, 0.2) is 0 Å². The van der Waals surface area contributed by atoms with Gasteiger partial charge in [0.15, 0.2) is 0 Å². The summed E-state index contributed by atoms with van der Waals surface area (Å²) in [5, 5.41) is 13.5. The van der Waals surface area contributed by atoms with Crippen LogP contribution in [0.3, 0.4) is 0 Å². The van der Waals surface area contributed by atoms with Crippen molar-refractivity contribution in [3.63, 3.8) is 0 Å². The van der Waals surface area contributed by atoms with Crippen molar-refractivity contribution in [2.45, 2.75) is 38.1 Å². The third kappa shape index (κ3) is 1.42. The predicted molar refractivity (Wildman–Crippen MR) is 52.8 cm³/mol. The summed E-state index contributed by atoms with van der Waals surface area (Å²) >= 11 is 0. The Kier molecular flexibility index (Phi) is 2.49. The van der Waals surface area contributed by atoms with Gasteiger partial charge in [0.1, 0.15) is 5.54 Å². The molecule has 2 saturated heterocycles. The first-order valence-corrected chi connectivity index (χ1v) is 5.40. The summed E-state index contributed by atoms with van der Waals surface area (Å²) in [5.74, 6) is -0.679. The fourth-order valence-electron chi connectivity index (χ4n) is 2.56. The first kappa shape index (κ1) is 9.93. The standard InChI is InChI=1S/C10H18N2O2/c1-10(9(13)14)5-4-8-12(10)11-6-2-3-7-11/h2-8H2,1H3,(H,13,14)/t10-/m0/s1. The number of hydrogen-bond donors (Lipinski definition) is 1. The van der Waals surface area contributed by atoms with Gasteiger partial charge in [0.25, 0.3) is 0 Å². The Hall–Kier alpha value is -0.610. The highest BCUT2D eigenvalue weighted by Crippen LogP contribution is 2.32. The van der Waals surface area contributed by atoms with Crippen molar-refractivity contribution in [2.75, 3.05) is 19.6 Å². The van der Waals surface area contributed by atoms with Gasteiger partial charge in [-0.3, -0.25) is 4.79 Å². The van der Waals surface area contributed by atoms with E-state index < -0.39 is 11.5 Å². The Labute approximate surface area is 84.5 Å². The molecule has 0 aromatic carbocycles. The van der Waals surface area contributed by atoms with E-state index in [4.69, 9.17) is 0 Å². The lowest BCUT2D eigenvalue weighted by molar-refractivity contribution is -0.160. The van der Waals surface area contributed by atoms with E-state index in [0.717, 1.165) is 32.5 Å². The first-order valence-electron chi connectivity index (χ1n) is 5.40. The second-order valence-corrected chi connectivity index (χ2v) is 4.47. The molecule has 0 aromatic heterocycles. The van der Waals surface area contributed by atoms with Crippen molar-refractivity contribution < 1.29 is 9.90 Å². The van der Waals surface area contributed by atoms with Gasteiger partial charge >= 0.3 is 5.97 Å². The molecule has 2 heterocycles. The Morgan fingerprint density at radius 2 is 1.86 bits per heavy atom. The SMILES string of the molecule is C[C@@]1(C(=O)O)CCCN1N1CCCC1. The molecule has 0 unspecified atom stereocenters. The molecule has 0 bridgehead atoms. The highest BCUT2D eigenvalue weighted by Gasteiger charge is 2.46. The molecule has 1 atom stereocenters. The molecule has 1 N–H and O–H groups in total. The van der Waals surface area contributed by atoms with Gasteiger partial charge in [-0.05, 0) is 32.6 Å². The van der Waals surface area contributed by atoms with Crippen molar-refractivity contribution in [1.82, 2.24) is 10.0 Å². The average molecular weight is 198 g/mol. The van der Waals surface area contributed by atoms with E-state index in [1.807, 2.05) is 6.92 Å². The molecule has 2 aliphatic heterocycles. The summed E-state index contributed by atoms with van der Waals surface area (Å²) < 4.78 is 0. The van der Waals surface area contributed by atoms with E-state index >= 15 is 0 Å². The molecule has 4 heteroatoms. The Bertz CT molecular complexity index is 238. The molecule has 0 aliphatic carbocycles. The van der Waals surface area contributed by atoms with E-state index in [0.29, 0.717) is 0 Å². The van der Waals surface area contributed by atoms with Gasteiger partial charge < -0.3 is 5.11 Å². The van der Waals surface area contributed by atoms with Crippen molar-refractivity contribution in [3.8, 4) is 0 Å². The second kappa shape index (κ2) is 3.51. The molecule has 2 aliphatic rings. The number of carboxylic acid groups (broad SMARTS) is 1. The molecule has 0 amide bonds. The number of rotatable bonds is 2. The first-order chi connectivity index (χ1) is 6.64. The number of carbonyl (C=O) groups is 1. The molecule has 80 valence electrons. The average Bonchev–Trinajstić information content (AvgIpc) is 2.72. The number of nitrogens with zero attached hydrogens (tertiary/aromatic N) is 2. The zero-order valence-electron chi connectivity index (χ0n) is 8.70. The lowest BCUT2D eigenvalue weighted by Crippen LogP contribution is -2.55. The monoisotopic (exact) mass is 198 g/mol. The Morgan fingerprint density at radius 3 is 2.43 bits per heavy atom. The van der Waals surface area contributed by atoms with Crippen molar-refractivity contribution in [2.24, 2.45) is 0 Å². The largest absolute Gasteiger partial charge is 0.480 e. The zero-order chi connectivity index (χ0) is 10.2. The zero-order valence-corrected chi connectivity index (χ0v) is 8.70. The van der Waals surface area contributed by atoms with Gasteiger partial charge in [-0.25, -0.2) is 10.0 Å². The third-order valence-electron chi connectivity index (χ3n) is 3.49. The smallest absolute Gasteiger partial charge is 0.325 e. The summed E-state index contributed by atoms with van der Waals surface area (Å²) in [4.78, 5) is 11.2. The van der Waals surface area contributed by atoms with Crippen LogP contribution >= 0.6 is 0 Å². The third-order valence-corrected chi connectivity index (χ3v) is 3.49. The maximum absolute atomic E-state index is 11.2. The van der Waals surface area contributed by atoms with Gasteiger partial charge in [-0.15, -0.1) is 0 Å². The van der Waals surface area contributed by atoms with E-state index in [1.54, 1.807) is 0 Å². The maximum atomic E-state index is 11.2. The van der Waals surface area contributed by atoms with Gasteiger partial charge in [0.05, 0.1) is 0 Å². The molecule has 14 heavy (non-hydrogen) atoms. The fraction of sp³-hybridized carbons (Fsp3) is 0.900. The quantitative estimate of drug-likeness (QED) is 0.717. The van der Waals surface area contributed by atoms with Crippen LogP contribution in [0.1, 0.15) is 32.6 Å². The van der Waals surface area contributed by atoms with Crippen LogP contribution in [-0.2, 0) is 4.79 Å². The number of hydrazine groups is 1. The minimum atomic E-state index is -0.679. The Morgan fingerprint density at radius 1 is 1.21 bits per heavy atom. The molecule has 4 nitrogen and oxygen atoms in total. The van der Waals surface area contributed by atoms with E-state index in [9.17, 15) is 9.90 Å². The number of hydrogen-bond acceptors (Lipinski definition) is 3. The Balaban J connectivity index is 2.13. The van der Waals surface area contributed by atoms with E-state index in [-0.39, 0.29) is 0 Å². The molecular weight excluding hydrogens is 180 g/mol. The molecular formula is C10H18N2O2. The topological polar surface area (TPSA) is 43.8 Å². The van der Waals surface area contributed by atoms with Gasteiger partial charge in [0, 0.05) is 19.6 Å². The van der Waals surface area contributed by atoms with Crippen LogP contribution in [0.5, 0.6) is 0 Å². The molecule has 0 radical (unpaired) electrons. The van der Waals surface area contributed by atoms with E-state index in [1.165, 1.54) is 12.8 Å². The predicted octanol–water partition coefficient (Wildman–Crippen LogP) is 0.936. The summed E-state index contributed by atoms with van der Waals surface area (Å²) in [7, 11) is 0. The highest BCUT2D eigenvalue weighted by atomic mass is 16.4. The lowest BCUT2D eigenvalue weighted by atomic mass is 10.0. The van der Waals surface area contributed by atoms with Crippen LogP contribution in [0.2, 0.25) is 0 Å². The lowest BCUT2D eigenvalue weighted by Gasteiger charge is -2.37. The highest BCUT2D eigenvalue weighted by molar-refractivity contribution is 5.78. The van der Waals surface area contributed by atoms with Crippen molar-refractivity contribution in [1.29, 1.82) is 0 Å². The van der Waals surface area contributed by atoms with Crippen LogP contribution in [0.25, 0.3) is 0 Å². The minimum Gasteiger partial charge on any atom is -0.480 e. The van der Waals surface area contributed by atoms with Crippen LogP contribution in [0.4, 0.5) is 0 Å². The van der Waals surface area contributed by atoms with Gasteiger partial charge in [0.2, 0.25) is 0 Å². The minimum absolute atomic E-state index is 0.648. The summed E-state index contributed by atoms with van der Waals surface area (Å²) in [6.45, 7) is 4.81. The van der Waals surface area contributed by atoms with Crippen LogP contribution < -0.4 is 0 Å². The van der Waals surface area contributed by atoms with Crippen LogP contribution in [0, 0.1) is 0 Å². The van der Waals surface area contributed by atoms with Crippen molar-refractivity contribution >= 4 is 5.97 Å². The van der Waals surface area contributed by atoms with Crippen LogP contribution in [-0.4, -0.2) is 46.3 Å². The summed E-state index contributed by atoms with van der Waals surface area (Å²) in [6, 6.07) is 0. The number of carboxylic acids is 1. The normalized spacial score (nSPS) is 35.2. The number of aliphatic carboxylic acids is 1. The summed E-state index contributed by atoms with van der Waals surface area (Å²) in [5.41, 5.74) is -0.648. The second-order valence-electron chi connectivity index (χ2n) is 4.47. The molecule has 0 saturated carbocycles. The molecule has 2 rings (SSSR count). The molecule has 0 spiro atoms. The summed E-state index contributed by atoms with van der Waals surface area (Å²) in [6.07, 6.45) is 4.18. The van der Waals surface area contributed by atoms with Gasteiger partial charge in [-0.2, -0.15) is 0 Å². The van der Waals surface area contributed by atoms with Gasteiger partial charge in [-0.1, -0.05) is 0 Å². The van der Waals surface area contributed by atoms with E-state index in [2.05, 4.69) is 10.0 Å².